The lowest BCUT2D eigenvalue weighted by Crippen LogP contribution is -1.84. The molecule has 0 bridgehead atoms. The maximum absolute atomic E-state index is 10.7. The predicted molar refractivity (Wildman–Crippen MR) is 44.7 cm³/mol. The molecule has 0 spiro atoms. The standard InChI is InChI=1S/C5H9Cl2O2P/c1-3-9-5(2)4-10(6,7)8/h4H,3H2,1-2H3. The Labute approximate surface area is 70.1 Å². The van der Waals surface area contributed by atoms with Gasteiger partial charge < -0.3 is 4.74 Å². The van der Waals surface area contributed by atoms with E-state index in [-0.39, 0.29) is 0 Å². The molecule has 0 aromatic rings. The Bertz CT molecular complexity index is 172. The number of hydrogen-bond acceptors (Lipinski definition) is 2. The van der Waals surface area contributed by atoms with E-state index in [4.69, 9.17) is 27.2 Å². The van der Waals surface area contributed by atoms with Crippen LogP contribution in [0.4, 0.5) is 0 Å². The van der Waals surface area contributed by atoms with Gasteiger partial charge in [-0.3, -0.25) is 4.57 Å². The monoisotopic (exact) mass is 202 g/mol. The van der Waals surface area contributed by atoms with Crippen molar-refractivity contribution >= 4 is 28.3 Å². The lowest BCUT2D eigenvalue weighted by molar-refractivity contribution is 0.232. The molecule has 0 N–H and O–H groups in total. The third-order valence-electron chi connectivity index (χ3n) is 0.704. The van der Waals surface area contributed by atoms with E-state index in [1.54, 1.807) is 6.92 Å². The van der Waals surface area contributed by atoms with Crippen LogP contribution in [0.5, 0.6) is 0 Å². The van der Waals surface area contributed by atoms with E-state index in [0.29, 0.717) is 12.4 Å². The van der Waals surface area contributed by atoms with E-state index in [1.807, 2.05) is 6.92 Å². The molecule has 60 valence electrons. The number of allylic oxidation sites excluding steroid dienone is 1. The highest BCUT2D eigenvalue weighted by Gasteiger charge is 2.09. The van der Waals surface area contributed by atoms with Gasteiger partial charge in [-0.25, -0.2) is 0 Å². The molecule has 0 saturated carbocycles. The Hall–Kier alpha value is 0.350. The van der Waals surface area contributed by atoms with Crippen LogP contribution in [0.3, 0.4) is 0 Å². The molecule has 0 radical (unpaired) electrons. The van der Waals surface area contributed by atoms with E-state index in [1.165, 1.54) is 5.82 Å². The van der Waals surface area contributed by atoms with Gasteiger partial charge in [-0.15, -0.1) is 0 Å². The van der Waals surface area contributed by atoms with Crippen LogP contribution in [-0.2, 0) is 9.30 Å². The average molecular weight is 203 g/mol. The van der Waals surface area contributed by atoms with Crippen molar-refractivity contribution < 1.29 is 9.30 Å². The van der Waals surface area contributed by atoms with Gasteiger partial charge in [0.25, 0.3) is 5.85 Å². The molecule has 0 saturated heterocycles. The largest absolute Gasteiger partial charge is 0.498 e. The molecule has 0 amide bonds. The molecule has 2 nitrogen and oxygen atoms in total. The maximum Gasteiger partial charge on any atom is 0.278 e. The summed E-state index contributed by atoms with van der Waals surface area (Å²) in [6.07, 6.45) is 0. The van der Waals surface area contributed by atoms with Crippen molar-refractivity contribution in [3.05, 3.63) is 11.6 Å². The minimum Gasteiger partial charge on any atom is -0.498 e. The Morgan fingerprint density at radius 3 is 2.50 bits per heavy atom. The van der Waals surface area contributed by atoms with Crippen molar-refractivity contribution in [3.8, 4) is 0 Å². The van der Waals surface area contributed by atoms with Crippen molar-refractivity contribution in [2.75, 3.05) is 6.61 Å². The Kier molecular flexibility index (Phi) is 4.42. The second-order valence-corrected chi connectivity index (χ2v) is 6.47. The van der Waals surface area contributed by atoms with Gasteiger partial charge in [0.15, 0.2) is 0 Å². The van der Waals surface area contributed by atoms with E-state index >= 15 is 0 Å². The van der Waals surface area contributed by atoms with Crippen molar-refractivity contribution in [1.82, 2.24) is 0 Å². The summed E-state index contributed by atoms with van der Waals surface area (Å²) in [5.74, 6) is -1.38. The van der Waals surface area contributed by atoms with Gasteiger partial charge in [-0.2, -0.15) is 0 Å². The molecule has 0 aliphatic carbocycles. The summed E-state index contributed by atoms with van der Waals surface area (Å²) in [7, 11) is 0. The van der Waals surface area contributed by atoms with E-state index in [2.05, 4.69) is 0 Å². The van der Waals surface area contributed by atoms with Gasteiger partial charge in [-0.05, 0) is 36.3 Å². The van der Waals surface area contributed by atoms with Gasteiger partial charge in [-0.1, -0.05) is 0 Å². The molecule has 0 unspecified atom stereocenters. The minimum atomic E-state index is -3.09. The molecular formula is C5H9Cl2O2P. The molecule has 5 heteroatoms. The fraction of sp³-hybridized carbons (Fsp3) is 0.600. The van der Waals surface area contributed by atoms with Gasteiger partial charge >= 0.3 is 0 Å². The highest BCUT2D eigenvalue weighted by atomic mass is 35.9. The summed E-state index contributed by atoms with van der Waals surface area (Å²) < 4.78 is 15.6. The van der Waals surface area contributed by atoms with Crippen molar-refractivity contribution in [1.29, 1.82) is 0 Å². The highest BCUT2D eigenvalue weighted by molar-refractivity contribution is 8.10. The molecule has 0 aliphatic heterocycles. The molecule has 0 fully saturated rings. The summed E-state index contributed by atoms with van der Waals surface area (Å²) in [4.78, 5) is 0. The molecule has 0 atom stereocenters. The Morgan fingerprint density at radius 1 is 1.70 bits per heavy atom. The van der Waals surface area contributed by atoms with Crippen LogP contribution in [0.1, 0.15) is 13.8 Å². The summed E-state index contributed by atoms with van der Waals surface area (Å²) in [6.45, 7) is 4.00. The zero-order valence-corrected chi connectivity index (χ0v) is 8.21. The maximum atomic E-state index is 10.7. The number of ether oxygens (including phenoxy) is 1. The molecule has 0 heterocycles. The van der Waals surface area contributed by atoms with E-state index in [0.717, 1.165) is 0 Å². The summed E-state index contributed by atoms with van der Waals surface area (Å²) in [6, 6.07) is 0. The average Bonchev–Trinajstić information content (AvgIpc) is 1.59. The van der Waals surface area contributed by atoms with E-state index in [9.17, 15) is 4.57 Å². The molecule has 0 rings (SSSR count). The topological polar surface area (TPSA) is 26.3 Å². The number of halogens is 2. The lowest BCUT2D eigenvalue weighted by Gasteiger charge is -2.01. The first kappa shape index (κ1) is 10.3. The summed E-state index contributed by atoms with van der Waals surface area (Å²) in [5, 5.41) is 0. The van der Waals surface area contributed by atoms with Crippen molar-refractivity contribution in [2.24, 2.45) is 0 Å². The van der Waals surface area contributed by atoms with Crippen LogP contribution >= 0.6 is 28.3 Å². The Balaban J connectivity index is 4.04. The normalized spacial score (nSPS) is 13.4. The van der Waals surface area contributed by atoms with Crippen LogP contribution in [0.2, 0.25) is 0 Å². The quantitative estimate of drug-likeness (QED) is 0.517. The third kappa shape index (κ3) is 6.47. The predicted octanol–water partition coefficient (Wildman–Crippen LogP) is 3.55. The summed E-state index contributed by atoms with van der Waals surface area (Å²) >= 11 is 10.5. The van der Waals surface area contributed by atoms with Gasteiger partial charge in [0, 0.05) is 5.82 Å². The first-order valence-corrected chi connectivity index (χ1v) is 6.35. The summed E-state index contributed by atoms with van der Waals surface area (Å²) in [5.41, 5.74) is 0. The molecule has 0 aromatic carbocycles. The first-order valence-electron chi connectivity index (χ1n) is 2.77. The van der Waals surface area contributed by atoms with Crippen LogP contribution in [0, 0.1) is 0 Å². The molecule has 0 aliphatic rings. The van der Waals surface area contributed by atoms with Crippen molar-refractivity contribution in [3.63, 3.8) is 0 Å². The Morgan fingerprint density at radius 2 is 2.20 bits per heavy atom. The number of hydrogen-bond donors (Lipinski definition) is 0. The zero-order chi connectivity index (χ0) is 8.20. The van der Waals surface area contributed by atoms with Crippen molar-refractivity contribution in [2.45, 2.75) is 13.8 Å². The molecule has 10 heavy (non-hydrogen) atoms. The van der Waals surface area contributed by atoms with Crippen LogP contribution in [-0.4, -0.2) is 6.61 Å². The third-order valence-corrected chi connectivity index (χ3v) is 1.95. The van der Waals surface area contributed by atoms with Crippen LogP contribution in [0.25, 0.3) is 0 Å². The zero-order valence-electron chi connectivity index (χ0n) is 5.80. The van der Waals surface area contributed by atoms with Crippen LogP contribution < -0.4 is 0 Å². The van der Waals surface area contributed by atoms with Gasteiger partial charge in [0.2, 0.25) is 0 Å². The molecule has 0 aromatic heterocycles. The SMILES string of the molecule is CCOC(C)=CP(=O)(Cl)Cl. The van der Waals surface area contributed by atoms with E-state index < -0.39 is 5.85 Å². The highest BCUT2D eigenvalue weighted by Crippen LogP contribution is 2.58. The molecular weight excluding hydrogens is 194 g/mol. The fourth-order valence-corrected chi connectivity index (χ4v) is 1.80. The number of rotatable bonds is 3. The van der Waals surface area contributed by atoms with Gasteiger partial charge in [0.1, 0.15) is 0 Å². The second kappa shape index (κ2) is 4.27. The minimum absolute atomic E-state index is 0.496. The van der Waals surface area contributed by atoms with Crippen LogP contribution in [0.15, 0.2) is 11.6 Å². The fourth-order valence-electron chi connectivity index (χ4n) is 0.477. The smallest absolute Gasteiger partial charge is 0.278 e. The second-order valence-electron chi connectivity index (χ2n) is 1.68. The first-order chi connectivity index (χ1) is 4.45. The van der Waals surface area contributed by atoms with Gasteiger partial charge in [0.05, 0.1) is 12.4 Å². The lowest BCUT2D eigenvalue weighted by atomic mass is 10.6.